The Balaban J connectivity index is 1.82. The molecule has 0 aliphatic carbocycles. The summed E-state index contributed by atoms with van der Waals surface area (Å²) in [5, 5.41) is 0. The Bertz CT molecular complexity index is 505. The lowest BCUT2D eigenvalue weighted by Crippen LogP contribution is -2.43. The number of nitrogens with two attached hydrogens (primary N) is 1. The number of imidazole rings is 1. The van der Waals surface area contributed by atoms with Crippen LogP contribution in [0.4, 0.5) is 0 Å². The van der Waals surface area contributed by atoms with E-state index in [9.17, 15) is 9.59 Å². The molecule has 7 heteroatoms. The predicted molar refractivity (Wildman–Crippen MR) is 78.2 cm³/mol. The molecule has 2 amide bonds. The first-order valence-electron chi connectivity index (χ1n) is 7.22. The van der Waals surface area contributed by atoms with Crippen LogP contribution in [0.1, 0.15) is 24.4 Å². The van der Waals surface area contributed by atoms with E-state index in [-0.39, 0.29) is 24.3 Å². The van der Waals surface area contributed by atoms with Crippen molar-refractivity contribution < 1.29 is 9.59 Å². The van der Waals surface area contributed by atoms with Crippen LogP contribution in [0.5, 0.6) is 0 Å². The number of nitrogens with zero attached hydrogens (tertiary/aromatic N) is 3. The van der Waals surface area contributed by atoms with E-state index in [1.54, 1.807) is 18.1 Å². The van der Waals surface area contributed by atoms with Gasteiger partial charge in [-0.2, -0.15) is 0 Å². The monoisotopic (exact) mass is 293 g/mol. The summed E-state index contributed by atoms with van der Waals surface area (Å²) >= 11 is 0. The molecule has 0 spiro atoms. The number of aryl methyl sites for hydroxylation is 1. The zero-order valence-electron chi connectivity index (χ0n) is 12.6. The van der Waals surface area contributed by atoms with Crippen molar-refractivity contribution in [2.75, 3.05) is 26.7 Å². The molecule has 0 unspecified atom stereocenters. The third kappa shape index (κ3) is 4.29. The number of hydrogen-bond donors (Lipinski definition) is 2. The Hall–Kier alpha value is -1.89. The quantitative estimate of drug-likeness (QED) is 0.791. The summed E-state index contributed by atoms with van der Waals surface area (Å²) in [5.74, 6) is 0.651. The van der Waals surface area contributed by atoms with Crippen LogP contribution in [-0.4, -0.2) is 58.3 Å². The van der Waals surface area contributed by atoms with E-state index in [0.717, 1.165) is 37.4 Å². The molecule has 1 aliphatic rings. The maximum atomic E-state index is 12.4. The van der Waals surface area contributed by atoms with Gasteiger partial charge in [0.05, 0.1) is 13.1 Å². The van der Waals surface area contributed by atoms with Crippen molar-refractivity contribution >= 4 is 11.8 Å². The minimum Gasteiger partial charge on any atom is -0.369 e. The number of carbonyl (C=O) groups is 2. The molecule has 1 aliphatic heterocycles. The van der Waals surface area contributed by atoms with Crippen molar-refractivity contribution in [2.24, 2.45) is 11.7 Å². The topological polar surface area (TPSA) is 95.3 Å². The minimum absolute atomic E-state index is 0.0233. The van der Waals surface area contributed by atoms with Crippen molar-refractivity contribution in [2.45, 2.75) is 26.3 Å². The number of primary amides is 1. The van der Waals surface area contributed by atoms with Crippen LogP contribution in [0.3, 0.4) is 0 Å². The summed E-state index contributed by atoms with van der Waals surface area (Å²) in [5.41, 5.74) is 6.18. The van der Waals surface area contributed by atoms with E-state index < -0.39 is 0 Å². The predicted octanol–water partition coefficient (Wildman–Crippen LogP) is -0.126. The van der Waals surface area contributed by atoms with Crippen molar-refractivity contribution in [1.82, 2.24) is 19.8 Å². The number of likely N-dealkylation sites (tertiary alicyclic amines) is 1. The van der Waals surface area contributed by atoms with Crippen LogP contribution in [-0.2, 0) is 16.1 Å². The van der Waals surface area contributed by atoms with Crippen LogP contribution < -0.4 is 5.73 Å². The average Bonchev–Trinajstić information content (AvgIpc) is 2.83. The third-order valence-electron chi connectivity index (χ3n) is 3.83. The fourth-order valence-electron chi connectivity index (χ4n) is 2.72. The minimum atomic E-state index is -0.315. The normalized spacial score (nSPS) is 16.9. The molecule has 2 heterocycles. The molecule has 1 aromatic rings. The molecule has 1 aromatic heterocycles. The second kappa shape index (κ2) is 6.71. The molecule has 21 heavy (non-hydrogen) atoms. The molecule has 116 valence electrons. The number of H-pyrrole nitrogens is 1. The third-order valence-corrected chi connectivity index (χ3v) is 3.83. The summed E-state index contributed by atoms with van der Waals surface area (Å²) in [6.07, 6.45) is 3.30. The molecule has 1 fully saturated rings. The summed E-state index contributed by atoms with van der Waals surface area (Å²) in [6, 6.07) is 0. The Kier molecular flexibility index (Phi) is 4.95. The second-order valence-electron chi connectivity index (χ2n) is 5.72. The second-order valence-corrected chi connectivity index (χ2v) is 5.72. The molecule has 0 bridgehead atoms. The van der Waals surface area contributed by atoms with Crippen LogP contribution >= 0.6 is 0 Å². The van der Waals surface area contributed by atoms with Crippen molar-refractivity contribution in [3.05, 3.63) is 17.7 Å². The Morgan fingerprint density at radius 3 is 2.67 bits per heavy atom. The number of aromatic amines is 1. The van der Waals surface area contributed by atoms with E-state index in [1.807, 2.05) is 11.8 Å². The Morgan fingerprint density at radius 1 is 1.48 bits per heavy atom. The van der Waals surface area contributed by atoms with E-state index in [4.69, 9.17) is 5.73 Å². The molecule has 0 saturated carbocycles. The fraction of sp³-hybridized carbons (Fsp3) is 0.643. The lowest BCUT2D eigenvalue weighted by Gasteiger charge is -2.32. The highest BCUT2D eigenvalue weighted by atomic mass is 16.2. The van der Waals surface area contributed by atoms with Gasteiger partial charge in [0.25, 0.3) is 0 Å². The number of rotatable bonds is 5. The van der Waals surface area contributed by atoms with Crippen molar-refractivity contribution in [3.8, 4) is 0 Å². The van der Waals surface area contributed by atoms with Gasteiger partial charge < -0.3 is 15.6 Å². The molecule has 2 rings (SSSR count). The largest absolute Gasteiger partial charge is 0.369 e. The summed E-state index contributed by atoms with van der Waals surface area (Å²) in [7, 11) is 1.80. The lowest BCUT2D eigenvalue weighted by molar-refractivity contribution is -0.136. The van der Waals surface area contributed by atoms with Gasteiger partial charge in [-0.05, 0) is 32.9 Å². The van der Waals surface area contributed by atoms with E-state index in [0.29, 0.717) is 6.54 Å². The first-order valence-corrected chi connectivity index (χ1v) is 7.22. The smallest absolute Gasteiger partial charge is 0.231 e. The molecular weight excluding hydrogens is 270 g/mol. The fourth-order valence-corrected chi connectivity index (χ4v) is 2.72. The highest BCUT2D eigenvalue weighted by Crippen LogP contribution is 2.19. The lowest BCUT2D eigenvalue weighted by atomic mass is 9.95. The highest BCUT2D eigenvalue weighted by Gasteiger charge is 2.27. The number of amides is 2. The molecule has 3 N–H and O–H groups in total. The summed E-state index contributed by atoms with van der Waals surface area (Å²) in [4.78, 5) is 34.4. The van der Waals surface area contributed by atoms with Gasteiger partial charge in [0, 0.05) is 24.9 Å². The maximum Gasteiger partial charge on any atom is 0.231 e. The van der Waals surface area contributed by atoms with Crippen molar-refractivity contribution in [1.29, 1.82) is 0 Å². The molecule has 1 saturated heterocycles. The molecule has 0 aromatic carbocycles. The first kappa shape index (κ1) is 15.5. The van der Waals surface area contributed by atoms with Gasteiger partial charge in [0.1, 0.15) is 5.82 Å². The van der Waals surface area contributed by atoms with Gasteiger partial charge in [-0.15, -0.1) is 0 Å². The Morgan fingerprint density at radius 2 is 2.14 bits per heavy atom. The first-order chi connectivity index (χ1) is 9.95. The zero-order chi connectivity index (χ0) is 15.4. The van der Waals surface area contributed by atoms with Gasteiger partial charge in [-0.1, -0.05) is 0 Å². The number of nitrogens with one attached hydrogen (secondary N) is 1. The van der Waals surface area contributed by atoms with Gasteiger partial charge >= 0.3 is 0 Å². The number of piperidine rings is 1. The van der Waals surface area contributed by atoms with Gasteiger partial charge in [0.2, 0.25) is 11.8 Å². The van der Waals surface area contributed by atoms with Gasteiger partial charge in [-0.3, -0.25) is 14.5 Å². The van der Waals surface area contributed by atoms with Crippen LogP contribution in [0.25, 0.3) is 0 Å². The standard InChI is InChI=1S/C14H23N5O2/c1-10-7-16-13(17-10)9-18(2)14(21)11-3-5-19(6-4-11)8-12(15)20/h7,11H,3-6,8-9H2,1-2H3,(H2,15,20)(H,16,17). The van der Waals surface area contributed by atoms with E-state index >= 15 is 0 Å². The van der Waals surface area contributed by atoms with Crippen LogP contribution in [0.15, 0.2) is 6.20 Å². The average molecular weight is 293 g/mol. The van der Waals surface area contributed by atoms with E-state index in [1.165, 1.54) is 0 Å². The molecule has 0 atom stereocenters. The van der Waals surface area contributed by atoms with Crippen LogP contribution in [0, 0.1) is 12.8 Å². The highest BCUT2D eigenvalue weighted by molar-refractivity contribution is 5.79. The molecular formula is C14H23N5O2. The molecule has 0 radical (unpaired) electrons. The van der Waals surface area contributed by atoms with Gasteiger partial charge in [-0.25, -0.2) is 4.98 Å². The Labute approximate surface area is 124 Å². The zero-order valence-corrected chi connectivity index (χ0v) is 12.6. The SMILES string of the molecule is Cc1cnc(CN(C)C(=O)C2CCN(CC(N)=O)CC2)[nH]1. The van der Waals surface area contributed by atoms with Crippen molar-refractivity contribution in [3.63, 3.8) is 0 Å². The summed E-state index contributed by atoms with van der Waals surface area (Å²) in [6.45, 7) is 4.20. The van der Waals surface area contributed by atoms with Gasteiger partial charge in [0.15, 0.2) is 0 Å². The number of hydrogen-bond acceptors (Lipinski definition) is 4. The maximum absolute atomic E-state index is 12.4. The summed E-state index contributed by atoms with van der Waals surface area (Å²) < 4.78 is 0. The van der Waals surface area contributed by atoms with Crippen LogP contribution in [0.2, 0.25) is 0 Å². The number of carbonyl (C=O) groups excluding carboxylic acids is 2. The molecule has 7 nitrogen and oxygen atoms in total. The number of aromatic nitrogens is 2. The van der Waals surface area contributed by atoms with E-state index in [2.05, 4.69) is 9.97 Å².